The fourth-order valence-corrected chi connectivity index (χ4v) is 5.28. The maximum absolute atomic E-state index is 12.8. The maximum Gasteiger partial charge on any atom is 0.251 e. The molecule has 2 aliphatic rings. The van der Waals surface area contributed by atoms with Gasteiger partial charge in [0.25, 0.3) is 5.91 Å². The van der Waals surface area contributed by atoms with E-state index in [9.17, 15) is 13.2 Å². The van der Waals surface area contributed by atoms with Gasteiger partial charge < -0.3 is 10.6 Å². The molecule has 2 heterocycles. The molecule has 1 unspecified atom stereocenters. The zero-order valence-electron chi connectivity index (χ0n) is 15.7. The van der Waals surface area contributed by atoms with Crippen LogP contribution >= 0.6 is 12.4 Å². The average Bonchev–Trinajstić information content (AvgIpc) is 2.69. The van der Waals surface area contributed by atoms with E-state index in [1.165, 1.54) is 23.2 Å². The van der Waals surface area contributed by atoms with Crippen LogP contribution < -0.4 is 10.6 Å². The minimum absolute atomic E-state index is 0. The number of carbonyl (C=O) groups is 1. The predicted octanol–water partition coefficient (Wildman–Crippen LogP) is 2.40. The lowest BCUT2D eigenvalue weighted by Gasteiger charge is -2.26. The van der Waals surface area contributed by atoms with Crippen LogP contribution in [-0.4, -0.2) is 51.4 Å². The first-order chi connectivity index (χ1) is 12.6. The summed E-state index contributed by atoms with van der Waals surface area (Å²) in [5.41, 5.74) is 0.407. The highest BCUT2D eigenvalue weighted by Gasteiger charge is 2.26. The minimum Gasteiger partial charge on any atom is -0.352 e. The minimum atomic E-state index is -3.51. The number of hydrogen-bond acceptors (Lipinski definition) is 4. The van der Waals surface area contributed by atoms with Crippen LogP contribution in [-0.2, 0) is 10.0 Å². The number of nitrogens with zero attached hydrogens (tertiary/aromatic N) is 1. The van der Waals surface area contributed by atoms with E-state index in [2.05, 4.69) is 10.6 Å². The Hall–Kier alpha value is -1.15. The van der Waals surface area contributed by atoms with E-state index in [0.717, 1.165) is 38.8 Å². The van der Waals surface area contributed by atoms with Gasteiger partial charge in [0.15, 0.2) is 0 Å². The largest absolute Gasteiger partial charge is 0.352 e. The van der Waals surface area contributed by atoms with Gasteiger partial charge in [-0.1, -0.05) is 12.5 Å². The van der Waals surface area contributed by atoms with Crippen molar-refractivity contribution in [1.29, 1.82) is 0 Å². The molecule has 2 fully saturated rings. The van der Waals surface area contributed by atoms with E-state index < -0.39 is 10.0 Å². The normalized spacial score (nSPS) is 21.3. The number of halogens is 1. The van der Waals surface area contributed by atoms with E-state index in [0.29, 0.717) is 31.1 Å². The highest BCUT2D eigenvalue weighted by molar-refractivity contribution is 7.89. The number of rotatable bonds is 6. The lowest BCUT2D eigenvalue weighted by molar-refractivity contribution is 0.0950. The predicted molar refractivity (Wildman–Crippen MR) is 109 cm³/mol. The van der Waals surface area contributed by atoms with E-state index in [1.807, 2.05) is 0 Å². The Morgan fingerprint density at radius 1 is 1.19 bits per heavy atom. The summed E-state index contributed by atoms with van der Waals surface area (Å²) in [4.78, 5) is 12.6. The molecule has 0 aliphatic carbocycles. The van der Waals surface area contributed by atoms with Gasteiger partial charge in [-0.15, -0.1) is 12.4 Å². The van der Waals surface area contributed by atoms with Crippen molar-refractivity contribution in [2.24, 2.45) is 5.92 Å². The summed E-state index contributed by atoms with van der Waals surface area (Å²) in [7, 11) is -3.51. The van der Waals surface area contributed by atoms with Gasteiger partial charge in [-0.25, -0.2) is 8.42 Å². The van der Waals surface area contributed by atoms with Gasteiger partial charge in [0.2, 0.25) is 10.0 Å². The molecule has 1 amide bonds. The lowest BCUT2D eigenvalue weighted by atomic mass is 9.96. The smallest absolute Gasteiger partial charge is 0.251 e. The first-order valence-corrected chi connectivity index (χ1v) is 11.1. The molecule has 1 aromatic rings. The molecular weight excluding hydrogens is 386 g/mol. The molecule has 0 spiro atoms. The monoisotopic (exact) mass is 415 g/mol. The number of sulfonamides is 1. The third kappa shape index (κ3) is 5.91. The van der Waals surface area contributed by atoms with E-state index in [4.69, 9.17) is 0 Å². The summed E-state index contributed by atoms with van der Waals surface area (Å²) in [6, 6.07) is 6.40. The van der Waals surface area contributed by atoms with Gasteiger partial charge in [-0.05, 0) is 69.3 Å². The molecule has 6 nitrogen and oxygen atoms in total. The standard InChI is InChI=1S/C19H29N3O3S.ClH/c23-19(21-11-9-16-6-5-10-20-15-16)17-7-4-8-18(14-17)26(24,25)22-12-2-1-3-13-22;/h4,7-8,14,16,20H,1-3,5-6,9-13,15H2,(H,21,23);1H. The number of nitrogens with one attached hydrogen (secondary N) is 2. The Bertz CT molecular complexity index is 715. The second-order valence-electron chi connectivity index (χ2n) is 7.25. The molecule has 0 saturated carbocycles. The van der Waals surface area contributed by atoms with Gasteiger partial charge >= 0.3 is 0 Å². The summed E-state index contributed by atoms with van der Waals surface area (Å²) in [6.07, 6.45) is 6.21. The zero-order valence-corrected chi connectivity index (χ0v) is 17.3. The third-order valence-corrected chi connectivity index (χ3v) is 7.18. The molecule has 8 heteroatoms. The molecule has 2 saturated heterocycles. The molecule has 2 N–H and O–H groups in total. The highest BCUT2D eigenvalue weighted by Crippen LogP contribution is 2.21. The topological polar surface area (TPSA) is 78.5 Å². The van der Waals surface area contributed by atoms with Gasteiger partial charge in [0.1, 0.15) is 0 Å². The van der Waals surface area contributed by atoms with E-state index in [-0.39, 0.29) is 23.2 Å². The second-order valence-corrected chi connectivity index (χ2v) is 9.19. The van der Waals surface area contributed by atoms with Crippen LogP contribution in [0.2, 0.25) is 0 Å². The number of hydrogen-bond donors (Lipinski definition) is 2. The Morgan fingerprint density at radius 3 is 2.67 bits per heavy atom. The quantitative estimate of drug-likeness (QED) is 0.747. The first kappa shape index (κ1) is 22.1. The number of benzene rings is 1. The molecule has 1 aromatic carbocycles. The average molecular weight is 416 g/mol. The van der Waals surface area contributed by atoms with Crippen molar-refractivity contribution in [2.45, 2.75) is 43.4 Å². The van der Waals surface area contributed by atoms with Crippen molar-refractivity contribution in [1.82, 2.24) is 14.9 Å². The molecule has 3 rings (SSSR count). The van der Waals surface area contributed by atoms with Gasteiger partial charge in [0.05, 0.1) is 4.90 Å². The fraction of sp³-hybridized carbons (Fsp3) is 0.632. The van der Waals surface area contributed by atoms with Gasteiger partial charge in [-0.3, -0.25) is 4.79 Å². The SMILES string of the molecule is Cl.O=C(NCCC1CCCNC1)c1cccc(S(=O)(=O)N2CCCCC2)c1. The Morgan fingerprint density at radius 2 is 1.96 bits per heavy atom. The molecule has 27 heavy (non-hydrogen) atoms. The third-order valence-electron chi connectivity index (χ3n) is 5.29. The molecule has 0 bridgehead atoms. The second kappa shape index (κ2) is 10.4. The molecular formula is C19H30ClN3O3S. The van der Waals surface area contributed by atoms with Crippen LogP contribution in [0.25, 0.3) is 0 Å². The van der Waals surface area contributed by atoms with Crippen LogP contribution in [0.15, 0.2) is 29.2 Å². The van der Waals surface area contributed by atoms with Crippen LogP contribution in [0, 0.1) is 5.92 Å². The highest BCUT2D eigenvalue weighted by atomic mass is 35.5. The van der Waals surface area contributed by atoms with Crippen molar-refractivity contribution in [3.63, 3.8) is 0 Å². The zero-order chi connectivity index (χ0) is 18.4. The molecule has 152 valence electrons. The van der Waals surface area contributed by atoms with Crippen LogP contribution in [0.4, 0.5) is 0 Å². The molecule has 1 atom stereocenters. The van der Waals surface area contributed by atoms with E-state index in [1.54, 1.807) is 18.2 Å². The summed E-state index contributed by atoms with van der Waals surface area (Å²) in [6.45, 7) is 3.84. The summed E-state index contributed by atoms with van der Waals surface area (Å²) in [5.74, 6) is 0.402. The lowest BCUT2D eigenvalue weighted by Crippen LogP contribution is -2.36. The van der Waals surface area contributed by atoms with Crippen molar-refractivity contribution in [3.8, 4) is 0 Å². The van der Waals surface area contributed by atoms with Crippen molar-refractivity contribution >= 4 is 28.3 Å². The molecule has 0 radical (unpaired) electrons. The van der Waals surface area contributed by atoms with Crippen LogP contribution in [0.5, 0.6) is 0 Å². The Kier molecular flexibility index (Phi) is 8.54. The first-order valence-electron chi connectivity index (χ1n) is 9.66. The van der Waals surface area contributed by atoms with Gasteiger partial charge in [-0.2, -0.15) is 4.31 Å². The summed E-state index contributed by atoms with van der Waals surface area (Å²) < 4.78 is 27.1. The number of amides is 1. The molecule has 2 aliphatic heterocycles. The van der Waals surface area contributed by atoms with Crippen LogP contribution in [0.1, 0.15) is 48.9 Å². The summed E-state index contributed by atoms with van der Waals surface area (Å²) >= 11 is 0. The van der Waals surface area contributed by atoms with Gasteiger partial charge in [0, 0.05) is 25.2 Å². The Labute approximate surface area is 168 Å². The van der Waals surface area contributed by atoms with Crippen molar-refractivity contribution in [2.75, 3.05) is 32.7 Å². The fourth-order valence-electron chi connectivity index (χ4n) is 3.71. The molecule has 0 aromatic heterocycles. The Balaban J connectivity index is 0.00000261. The van der Waals surface area contributed by atoms with Crippen LogP contribution in [0.3, 0.4) is 0 Å². The van der Waals surface area contributed by atoms with Crippen molar-refractivity contribution < 1.29 is 13.2 Å². The number of carbonyl (C=O) groups excluding carboxylic acids is 1. The summed E-state index contributed by atoms with van der Waals surface area (Å²) in [5, 5.41) is 6.31. The maximum atomic E-state index is 12.8. The number of piperidine rings is 2. The van der Waals surface area contributed by atoms with E-state index >= 15 is 0 Å². The van der Waals surface area contributed by atoms with Crippen molar-refractivity contribution in [3.05, 3.63) is 29.8 Å².